The second-order valence-corrected chi connectivity index (χ2v) is 5.69. The number of hydrogen-bond donors (Lipinski definition) is 0. The highest BCUT2D eigenvalue weighted by atomic mass is 32.2. The lowest BCUT2D eigenvalue weighted by atomic mass is 10.3. The van der Waals surface area contributed by atoms with E-state index in [9.17, 15) is 8.78 Å². The Bertz CT molecular complexity index is 302. The molecule has 0 saturated heterocycles. The fraction of sp³-hybridized carbons (Fsp3) is 0.400. The van der Waals surface area contributed by atoms with Crippen LogP contribution < -0.4 is 0 Å². The second-order valence-electron chi connectivity index (χ2n) is 3.79. The van der Waals surface area contributed by atoms with Crippen LogP contribution in [-0.2, 0) is 0 Å². The maximum Gasteiger partial charge on any atom is 0.159 e. The summed E-state index contributed by atoms with van der Waals surface area (Å²) in [5, 5.41) is 0. The van der Waals surface area contributed by atoms with Gasteiger partial charge in [0.15, 0.2) is 11.6 Å². The van der Waals surface area contributed by atoms with Gasteiger partial charge in [-0.05, 0) is 18.2 Å². The van der Waals surface area contributed by atoms with Gasteiger partial charge in [0.1, 0.15) is 0 Å². The Hall–Kier alpha value is -0.570. The van der Waals surface area contributed by atoms with E-state index in [4.69, 9.17) is 0 Å². The fourth-order valence-electron chi connectivity index (χ4n) is 0.894. The van der Waals surface area contributed by atoms with Crippen molar-refractivity contribution in [2.24, 2.45) is 0 Å². The molecule has 0 heterocycles. The van der Waals surface area contributed by atoms with E-state index in [1.807, 2.05) is 20.8 Å². The van der Waals surface area contributed by atoms with E-state index in [1.54, 1.807) is 6.07 Å². The Kier molecular flexibility index (Phi) is 2.96. The molecule has 0 aliphatic rings. The lowest BCUT2D eigenvalue weighted by molar-refractivity contribution is 0.506. The molecule has 0 aliphatic heterocycles. The van der Waals surface area contributed by atoms with E-state index in [2.05, 4.69) is 0 Å². The molecule has 0 fully saturated rings. The van der Waals surface area contributed by atoms with Crippen LogP contribution in [0.4, 0.5) is 8.78 Å². The summed E-state index contributed by atoms with van der Waals surface area (Å²) in [4.78, 5) is 0.756. The molecule has 0 aliphatic carbocycles. The van der Waals surface area contributed by atoms with Gasteiger partial charge in [0.05, 0.1) is 0 Å². The third-order valence-electron chi connectivity index (χ3n) is 1.32. The van der Waals surface area contributed by atoms with Crippen LogP contribution in [0.15, 0.2) is 23.1 Å². The van der Waals surface area contributed by atoms with Crippen molar-refractivity contribution in [2.45, 2.75) is 30.4 Å². The van der Waals surface area contributed by atoms with Crippen molar-refractivity contribution in [3.8, 4) is 0 Å². The van der Waals surface area contributed by atoms with Crippen LogP contribution in [0, 0.1) is 11.6 Å². The van der Waals surface area contributed by atoms with Crippen LogP contribution in [0.2, 0.25) is 0 Å². The molecule has 1 aromatic carbocycles. The van der Waals surface area contributed by atoms with Crippen LogP contribution in [0.1, 0.15) is 20.8 Å². The van der Waals surface area contributed by atoms with Crippen molar-refractivity contribution >= 4 is 11.8 Å². The van der Waals surface area contributed by atoms with Gasteiger partial charge >= 0.3 is 0 Å². The molecule has 13 heavy (non-hydrogen) atoms. The second kappa shape index (κ2) is 3.66. The summed E-state index contributed by atoms with van der Waals surface area (Å²) in [5.74, 6) is -1.58. The molecule has 3 heteroatoms. The monoisotopic (exact) mass is 202 g/mol. The predicted octanol–water partition coefficient (Wildman–Crippen LogP) is 3.86. The van der Waals surface area contributed by atoms with Gasteiger partial charge in [-0.15, -0.1) is 11.8 Å². The largest absolute Gasteiger partial charge is 0.204 e. The van der Waals surface area contributed by atoms with Gasteiger partial charge in [-0.1, -0.05) is 20.8 Å². The predicted molar refractivity (Wildman–Crippen MR) is 52.0 cm³/mol. The molecule has 1 rings (SSSR count). The Morgan fingerprint density at radius 3 is 2.15 bits per heavy atom. The van der Waals surface area contributed by atoms with Crippen molar-refractivity contribution in [1.29, 1.82) is 0 Å². The molecule has 0 nitrogen and oxygen atoms in total. The highest BCUT2D eigenvalue weighted by Crippen LogP contribution is 2.32. The van der Waals surface area contributed by atoms with Gasteiger partial charge < -0.3 is 0 Å². The molecule has 1 aromatic rings. The molecular formula is C10H12F2S. The summed E-state index contributed by atoms with van der Waals surface area (Å²) in [7, 11) is 0. The molecule has 0 amide bonds. The van der Waals surface area contributed by atoms with Gasteiger partial charge in [0.2, 0.25) is 0 Å². The Morgan fingerprint density at radius 2 is 1.69 bits per heavy atom. The zero-order chi connectivity index (χ0) is 10.1. The minimum absolute atomic E-state index is 0.0181. The molecule has 0 aromatic heterocycles. The standard InChI is InChI=1S/C10H12F2S/c1-10(2,3)13-7-4-5-8(11)9(12)6-7/h4-6H,1-3H3. The molecule has 0 atom stereocenters. The average Bonchev–Trinajstić information content (AvgIpc) is 1.94. The van der Waals surface area contributed by atoms with Crippen LogP contribution in [0.5, 0.6) is 0 Å². The minimum atomic E-state index is -0.793. The summed E-state index contributed by atoms with van der Waals surface area (Å²) in [6, 6.07) is 3.98. The van der Waals surface area contributed by atoms with E-state index in [0.717, 1.165) is 11.0 Å². The molecular weight excluding hydrogens is 190 g/mol. The van der Waals surface area contributed by atoms with E-state index in [-0.39, 0.29) is 4.75 Å². The van der Waals surface area contributed by atoms with Crippen LogP contribution in [0.25, 0.3) is 0 Å². The molecule has 0 radical (unpaired) electrons. The number of rotatable bonds is 1. The Morgan fingerprint density at radius 1 is 1.08 bits per heavy atom. The van der Waals surface area contributed by atoms with Crippen molar-refractivity contribution in [3.05, 3.63) is 29.8 Å². The maximum atomic E-state index is 12.8. The van der Waals surface area contributed by atoms with E-state index in [0.29, 0.717) is 0 Å². The minimum Gasteiger partial charge on any atom is -0.204 e. The first-order valence-electron chi connectivity index (χ1n) is 4.02. The number of benzene rings is 1. The molecule has 0 spiro atoms. The van der Waals surface area contributed by atoms with E-state index < -0.39 is 11.6 Å². The maximum absolute atomic E-state index is 12.8. The zero-order valence-electron chi connectivity index (χ0n) is 7.90. The van der Waals surface area contributed by atoms with Crippen LogP contribution in [-0.4, -0.2) is 4.75 Å². The first kappa shape index (κ1) is 10.5. The first-order valence-corrected chi connectivity index (χ1v) is 4.84. The average molecular weight is 202 g/mol. The first-order chi connectivity index (χ1) is 5.88. The number of hydrogen-bond acceptors (Lipinski definition) is 1. The van der Waals surface area contributed by atoms with Crippen molar-refractivity contribution in [2.75, 3.05) is 0 Å². The SMILES string of the molecule is CC(C)(C)Sc1ccc(F)c(F)c1. The van der Waals surface area contributed by atoms with E-state index >= 15 is 0 Å². The third-order valence-corrected chi connectivity index (χ3v) is 2.42. The van der Waals surface area contributed by atoms with Crippen LogP contribution in [0.3, 0.4) is 0 Å². The molecule has 0 N–H and O–H groups in total. The van der Waals surface area contributed by atoms with Gasteiger partial charge in [-0.25, -0.2) is 8.78 Å². The summed E-state index contributed by atoms with van der Waals surface area (Å²) >= 11 is 1.52. The van der Waals surface area contributed by atoms with Crippen molar-refractivity contribution in [3.63, 3.8) is 0 Å². The lowest BCUT2D eigenvalue weighted by Crippen LogP contribution is -2.06. The Labute approximate surface area is 81.3 Å². The van der Waals surface area contributed by atoms with Gasteiger partial charge in [-0.2, -0.15) is 0 Å². The van der Waals surface area contributed by atoms with Gasteiger partial charge in [0, 0.05) is 9.64 Å². The summed E-state index contributed by atoms with van der Waals surface area (Å²) in [5.41, 5.74) is 0. The lowest BCUT2D eigenvalue weighted by Gasteiger charge is -2.17. The molecule has 0 bridgehead atoms. The molecule has 72 valence electrons. The van der Waals surface area contributed by atoms with Gasteiger partial charge in [-0.3, -0.25) is 0 Å². The quantitative estimate of drug-likeness (QED) is 0.623. The summed E-state index contributed by atoms with van der Waals surface area (Å²) in [6.07, 6.45) is 0. The molecule has 0 saturated carbocycles. The summed E-state index contributed by atoms with van der Waals surface area (Å²) < 4.78 is 25.3. The van der Waals surface area contributed by atoms with Crippen LogP contribution >= 0.6 is 11.8 Å². The highest BCUT2D eigenvalue weighted by Gasteiger charge is 2.13. The zero-order valence-corrected chi connectivity index (χ0v) is 8.71. The fourth-order valence-corrected chi connectivity index (χ4v) is 1.90. The van der Waals surface area contributed by atoms with Crippen molar-refractivity contribution in [1.82, 2.24) is 0 Å². The smallest absolute Gasteiger partial charge is 0.159 e. The third kappa shape index (κ3) is 3.35. The number of thioether (sulfide) groups is 1. The summed E-state index contributed by atoms with van der Waals surface area (Å²) in [6.45, 7) is 6.08. The number of halogens is 2. The Balaban J connectivity index is 2.86. The normalized spacial score (nSPS) is 11.8. The topological polar surface area (TPSA) is 0 Å². The van der Waals surface area contributed by atoms with Gasteiger partial charge in [0.25, 0.3) is 0 Å². The highest BCUT2D eigenvalue weighted by molar-refractivity contribution is 8.00. The van der Waals surface area contributed by atoms with Crippen molar-refractivity contribution < 1.29 is 8.78 Å². The van der Waals surface area contributed by atoms with E-state index in [1.165, 1.54) is 17.8 Å². The molecule has 0 unspecified atom stereocenters.